The van der Waals surface area contributed by atoms with E-state index in [4.69, 9.17) is 0 Å². The molecule has 0 spiro atoms. The van der Waals surface area contributed by atoms with Crippen LogP contribution >= 0.6 is 0 Å². The summed E-state index contributed by atoms with van der Waals surface area (Å²) in [5, 5.41) is 9.29. The SMILES string of the molecule is CC(=O)N=C1C(O)=CC=C[NH+]1C.[Ac]. The normalized spacial score (nSPS) is 23.7. The minimum atomic E-state index is -0.306. The first kappa shape index (κ1) is 13.0. The van der Waals surface area contributed by atoms with E-state index >= 15 is 0 Å². The average Bonchev–Trinajstić information content (AvgIpc) is 1.97. The number of aliphatic hydroxyl groups is 1. The molecule has 0 fully saturated rings. The third-order valence-corrected chi connectivity index (χ3v) is 1.49. The Morgan fingerprint density at radius 2 is 2.23 bits per heavy atom. The molecule has 1 rings (SSSR count). The monoisotopic (exact) mass is 394 g/mol. The van der Waals surface area contributed by atoms with Gasteiger partial charge in [0.2, 0.25) is 5.91 Å². The molecule has 0 aromatic heterocycles. The number of likely N-dealkylation sites (N-methyl/N-ethyl adjacent to an activating group) is 1. The fourth-order valence-electron chi connectivity index (χ4n) is 0.946. The predicted octanol–water partition coefficient (Wildman–Crippen LogP) is -0.585. The first-order chi connectivity index (χ1) is 5.61. The first-order valence-electron chi connectivity index (χ1n) is 3.62. The smallest absolute Gasteiger partial charge is 0.276 e. The number of amides is 1. The zero-order chi connectivity index (χ0) is 9.14. The number of nitrogens with one attached hydrogen (secondary N) is 1. The molecule has 0 saturated heterocycles. The number of hydrogen-bond acceptors (Lipinski definition) is 2. The zero-order valence-electron chi connectivity index (χ0n) is 7.61. The van der Waals surface area contributed by atoms with Gasteiger partial charge in [0, 0.05) is 51.0 Å². The quantitative estimate of drug-likeness (QED) is 0.578. The fourth-order valence-corrected chi connectivity index (χ4v) is 0.946. The van der Waals surface area contributed by atoms with Crippen LogP contribution in [0.2, 0.25) is 0 Å². The number of carbonyl (C=O) groups is 1. The minimum absolute atomic E-state index is 0. The largest absolute Gasteiger partial charge is 0.501 e. The molecule has 0 aliphatic carbocycles. The van der Waals surface area contributed by atoms with Gasteiger partial charge < -0.3 is 5.11 Å². The molecule has 0 bridgehead atoms. The molecule has 1 atom stereocenters. The fraction of sp³-hybridized carbons (Fsp3) is 0.250. The number of aliphatic hydroxyl groups excluding tert-OH is 1. The van der Waals surface area contributed by atoms with Crippen LogP contribution in [-0.4, -0.2) is 23.9 Å². The van der Waals surface area contributed by atoms with E-state index in [9.17, 15) is 9.90 Å². The van der Waals surface area contributed by atoms with Crippen LogP contribution in [-0.2, 0) is 4.79 Å². The number of hydrogen-bond donors (Lipinski definition) is 2. The molecule has 5 heteroatoms. The Balaban J connectivity index is 0.00000144. The van der Waals surface area contributed by atoms with Gasteiger partial charge in [-0.05, 0) is 12.2 Å². The summed E-state index contributed by atoms with van der Waals surface area (Å²) < 4.78 is 0. The van der Waals surface area contributed by atoms with Gasteiger partial charge in [-0.1, -0.05) is 0 Å². The van der Waals surface area contributed by atoms with E-state index in [1.807, 2.05) is 0 Å². The Hall–Kier alpha value is 0.0216. The van der Waals surface area contributed by atoms with E-state index in [1.54, 1.807) is 19.3 Å². The Kier molecular flexibility index (Phi) is 5.70. The summed E-state index contributed by atoms with van der Waals surface area (Å²) in [5.41, 5.74) is 0. The average molecular weight is 394 g/mol. The van der Waals surface area contributed by atoms with Crippen molar-refractivity contribution in [3.8, 4) is 0 Å². The molecule has 1 aliphatic rings. The van der Waals surface area contributed by atoms with Crippen molar-refractivity contribution >= 4 is 11.7 Å². The molecule has 2 N–H and O–H groups in total. The number of carbonyl (C=O) groups excluding carboxylic acids is 1. The van der Waals surface area contributed by atoms with Crippen molar-refractivity contribution in [2.24, 2.45) is 4.99 Å². The van der Waals surface area contributed by atoms with E-state index in [0.717, 1.165) is 4.90 Å². The van der Waals surface area contributed by atoms with Gasteiger partial charge in [0.1, 0.15) is 6.20 Å². The summed E-state index contributed by atoms with van der Waals surface area (Å²) in [7, 11) is 1.79. The Morgan fingerprint density at radius 3 is 2.69 bits per heavy atom. The van der Waals surface area contributed by atoms with Crippen LogP contribution in [0.4, 0.5) is 0 Å². The number of nitrogens with zero attached hydrogens (tertiary/aromatic N) is 1. The van der Waals surface area contributed by atoms with Crippen molar-refractivity contribution < 1.29 is 58.9 Å². The maximum atomic E-state index is 10.6. The molecule has 1 amide bonds. The van der Waals surface area contributed by atoms with Crippen molar-refractivity contribution in [2.45, 2.75) is 6.92 Å². The maximum absolute atomic E-state index is 10.6. The molecule has 67 valence electrons. The molecule has 4 nitrogen and oxygen atoms in total. The van der Waals surface area contributed by atoms with E-state index in [1.165, 1.54) is 13.0 Å². The van der Waals surface area contributed by atoms with E-state index in [-0.39, 0.29) is 55.7 Å². The summed E-state index contributed by atoms with van der Waals surface area (Å²) >= 11 is 0. The van der Waals surface area contributed by atoms with Gasteiger partial charge in [-0.15, -0.1) is 0 Å². The Labute approximate surface area is 113 Å². The topological polar surface area (TPSA) is 54.1 Å². The number of rotatable bonds is 0. The van der Waals surface area contributed by atoms with Crippen LogP contribution in [0, 0.1) is 44.1 Å². The van der Waals surface area contributed by atoms with E-state index < -0.39 is 0 Å². The van der Waals surface area contributed by atoms with Crippen LogP contribution in [0.1, 0.15) is 6.92 Å². The van der Waals surface area contributed by atoms with Crippen molar-refractivity contribution in [1.82, 2.24) is 0 Å². The summed E-state index contributed by atoms with van der Waals surface area (Å²) in [6, 6.07) is 0. The zero-order valence-corrected chi connectivity index (χ0v) is 12.4. The second-order valence-corrected chi connectivity index (χ2v) is 2.57. The van der Waals surface area contributed by atoms with E-state index in [0.29, 0.717) is 5.84 Å². The van der Waals surface area contributed by atoms with Gasteiger partial charge in [-0.25, -0.2) is 0 Å². The third kappa shape index (κ3) is 3.72. The minimum Gasteiger partial charge on any atom is -0.501 e. The number of quaternary nitrogens is 1. The molecule has 1 radical (unpaired) electrons. The van der Waals surface area contributed by atoms with Crippen LogP contribution < -0.4 is 4.90 Å². The molecular formula is C8H11AcN2O2+. The van der Waals surface area contributed by atoms with Crippen molar-refractivity contribution in [2.75, 3.05) is 7.05 Å². The molecular weight excluding hydrogens is 383 g/mol. The molecule has 1 heterocycles. The van der Waals surface area contributed by atoms with Crippen LogP contribution in [0.15, 0.2) is 29.1 Å². The van der Waals surface area contributed by atoms with Gasteiger partial charge in [0.05, 0.1) is 7.05 Å². The molecule has 0 aromatic rings. The molecule has 0 aromatic carbocycles. The third-order valence-electron chi connectivity index (χ3n) is 1.49. The van der Waals surface area contributed by atoms with Crippen LogP contribution in [0.3, 0.4) is 0 Å². The van der Waals surface area contributed by atoms with Crippen molar-refractivity contribution in [1.29, 1.82) is 0 Å². The van der Waals surface area contributed by atoms with Crippen LogP contribution in [0.5, 0.6) is 0 Å². The summed E-state index contributed by atoms with van der Waals surface area (Å²) in [6.07, 6.45) is 5.01. The summed E-state index contributed by atoms with van der Waals surface area (Å²) in [5.74, 6) is 0.106. The number of allylic oxidation sites excluding steroid dienone is 2. The molecule has 1 unspecified atom stereocenters. The predicted molar refractivity (Wildman–Crippen MR) is 44.9 cm³/mol. The second kappa shape index (κ2) is 5.69. The maximum Gasteiger partial charge on any atom is 0.276 e. The van der Waals surface area contributed by atoms with Gasteiger partial charge in [0.25, 0.3) is 5.84 Å². The van der Waals surface area contributed by atoms with Gasteiger partial charge in [0.15, 0.2) is 5.76 Å². The van der Waals surface area contributed by atoms with Gasteiger partial charge in [-0.2, -0.15) is 4.99 Å². The summed E-state index contributed by atoms with van der Waals surface area (Å²) in [6.45, 7) is 1.35. The Bertz CT molecular complexity index is 295. The number of aliphatic imine (C=N–C) groups is 1. The molecule has 0 saturated carbocycles. The van der Waals surface area contributed by atoms with Crippen molar-refractivity contribution in [3.05, 3.63) is 24.1 Å². The molecule has 13 heavy (non-hydrogen) atoms. The first-order valence-corrected chi connectivity index (χ1v) is 3.62. The van der Waals surface area contributed by atoms with Crippen molar-refractivity contribution in [3.63, 3.8) is 0 Å². The second-order valence-electron chi connectivity index (χ2n) is 2.57. The Morgan fingerprint density at radius 1 is 1.62 bits per heavy atom. The standard InChI is InChI=1S/C8H10N2O2.Ac/c1-6(11)9-8-7(12)4-3-5-10(8)2;/h3-5,12H,1-2H3;/p+1. The van der Waals surface area contributed by atoms with Crippen LogP contribution in [0.25, 0.3) is 0 Å². The van der Waals surface area contributed by atoms with E-state index in [2.05, 4.69) is 4.99 Å². The van der Waals surface area contributed by atoms with Gasteiger partial charge in [-0.3, -0.25) is 9.69 Å². The summed E-state index contributed by atoms with van der Waals surface area (Å²) in [4.78, 5) is 15.1. The van der Waals surface area contributed by atoms with Gasteiger partial charge >= 0.3 is 0 Å². The molecule has 1 aliphatic heterocycles. The number of amidine groups is 1.